The zero-order valence-corrected chi connectivity index (χ0v) is 46.1. The lowest BCUT2D eigenvalue weighted by Crippen LogP contribution is -2.66. The topological polar surface area (TPSA) is 374 Å². The molecule has 0 aromatic carbocycles. The van der Waals surface area contributed by atoms with E-state index in [9.17, 15) is 65.4 Å². The Morgan fingerprint density at radius 1 is 0.700 bits per heavy atom. The van der Waals surface area contributed by atoms with E-state index in [2.05, 4.69) is 19.9 Å². The van der Waals surface area contributed by atoms with Gasteiger partial charge in [-0.25, -0.2) is 0 Å². The Labute approximate surface area is 462 Å². The molecule has 10 N–H and O–H groups in total. The van der Waals surface area contributed by atoms with Gasteiger partial charge in [0.25, 0.3) is 0 Å². The zero-order valence-electron chi connectivity index (χ0n) is 46.1. The van der Waals surface area contributed by atoms with E-state index in [-0.39, 0.29) is 49.2 Å². The van der Waals surface area contributed by atoms with Crippen LogP contribution in [0.25, 0.3) is 0 Å². The number of aliphatic hydroxyl groups excluding tert-OH is 9. The first-order valence-corrected chi connectivity index (χ1v) is 28.1. The number of rotatable bonds is 13. The molecule has 6 saturated heterocycles. The van der Waals surface area contributed by atoms with Crippen LogP contribution in [0.1, 0.15) is 87.0 Å². The fourth-order valence-electron chi connectivity index (χ4n) is 15.8. The van der Waals surface area contributed by atoms with E-state index in [1.807, 2.05) is 6.92 Å². The number of aliphatic hydroxyl groups is 10. The maximum atomic E-state index is 12.5. The third kappa shape index (κ3) is 10.5. The van der Waals surface area contributed by atoms with Crippen LogP contribution in [-0.2, 0) is 76.0 Å². The van der Waals surface area contributed by atoms with Crippen molar-refractivity contribution in [1.82, 2.24) is 0 Å². The number of ether oxygens (including phenoxy) is 13. The van der Waals surface area contributed by atoms with Gasteiger partial charge in [0.15, 0.2) is 31.3 Å². The summed E-state index contributed by atoms with van der Waals surface area (Å²) in [7, 11) is 0. The summed E-state index contributed by atoms with van der Waals surface area (Å²) in [5, 5.41) is 111. The van der Waals surface area contributed by atoms with Gasteiger partial charge < -0.3 is 113 Å². The van der Waals surface area contributed by atoms with Gasteiger partial charge in [0.1, 0.15) is 72.7 Å². The van der Waals surface area contributed by atoms with Crippen LogP contribution in [0.2, 0.25) is 0 Å². The predicted octanol–water partition coefficient (Wildman–Crippen LogP) is -2.45. The summed E-state index contributed by atoms with van der Waals surface area (Å²) in [6, 6.07) is 0. The van der Waals surface area contributed by atoms with Gasteiger partial charge in [-0.2, -0.15) is 0 Å². The number of hydrogen-bond donors (Lipinski definition) is 10. The molecule has 0 radical (unpaired) electrons. The van der Waals surface area contributed by atoms with E-state index >= 15 is 0 Å². The molecule has 0 bridgehead atoms. The second-order valence-electron chi connectivity index (χ2n) is 24.7. The lowest BCUT2D eigenvalue weighted by molar-refractivity contribution is -0.387. The second kappa shape index (κ2) is 23.0. The fourth-order valence-corrected chi connectivity index (χ4v) is 15.8. The molecular weight excluding hydrogens is 1060 g/mol. The molecule has 80 heavy (non-hydrogen) atoms. The zero-order chi connectivity index (χ0) is 57.7. The highest BCUT2D eigenvalue weighted by Crippen LogP contribution is 2.71. The third-order valence-corrected chi connectivity index (χ3v) is 19.8. The summed E-state index contributed by atoms with van der Waals surface area (Å²) in [4.78, 5) is 37.2. The molecule has 1 spiro atoms. The van der Waals surface area contributed by atoms with Gasteiger partial charge in [-0.1, -0.05) is 32.4 Å². The predicted molar refractivity (Wildman–Crippen MR) is 263 cm³/mol. The van der Waals surface area contributed by atoms with Gasteiger partial charge in [-0.15, -0.1) is 0 Å². The smallest absolute Gasteiger partial charge is 0.303 e. The van der Waals surface area contributed by atoms with Crippen LogP contribution in [0.4, 0.5) is 0 Å². The van der Waals surface area contributed by atoms with Crippen molar-refractivity contribution in [3.8, 4) is 0 Å². The van der Waals surface area contributed by atoms with Gasteiger partial charge in [0, 0.05) is 44.4 Å². The minimum Gasteiger partial charge on any atom is -0.465 e. The van der Waals surface area contributed by atoms with Gasteiger partial charge in [-0.05, 0) is 62.2 Å². The summed E-state index contributed by atoms with van der Waals surface area (Å²) in [6.07, 6.45) is -23.6. The molecule has 10 aliphatic rings. The van der Waals surface area contributed by atoms with Crippen molar-refractivity contribution in [3.05, 3.63) is 11.6 Å². The normalized spacial score (nSPS) is 52.7. The second-order valence-corrected chi connectivity index (χ2v) is 24.7. The van der Waals surface area contributed by atoms with Crippen LogP contribution in [-0.4, -0.2) is 243 Å². The highest BCUT2D eigenvalue weighted by molar-refractivity contribution is 5.67. The molecule has 4 aliphatic carbocycles. The first-order valence-electron chi connectivity index (χ1n) is 28.1. The van der Waals surface area contributed by atoms with E-state index in [4.69, 9.17) is 61.6 Å². The Balaban J connectivity index is 0.949. The van der Waals surface area contributed by atoms with E-state index in [0.29, 0.717) is 32.1 Å². The summed E-state index contributed by atoms with van der Waals surface area (Å²) < 4.78 is 80.0. The van der Waals surface area contributed by atoms with Crippen molar-refractivity contribution in [3.63, 3.8) is 0 Å². The maximum Gasteiger partial charge on any atom is 0.303 e. The number of carbonyl (C=O) groups is 3. The van der Waals surface area contributed by atoms with Crippen molar-refractivity contribution < 1.29 is 127 Å². The van der Waals surface area contributed by atoms with E-state index in [1.165, 1.54) is 20.8 Å². The molecule has 0 unspecified atom stereocenters. The lowest BCUT2D eigenvalue weighted by atomic mass is 9.46. The molecule has 26 nitrogen and oxygen atoms in total. The standard InChI is InChI=1S/C54H82O26/c1-21-15-72-54(45(65)40(21)74-24(4)57)31(16-68-23(3)56)36-34(80-54)14-30-28-9-8-26-12-27(59)13-35(52(26,7)29(28)10-11-51(30,36)6)76-49-44(42(33(61)18-70-49)77-47-38(63)37(62)32(60)17-69-47)79-48-39(64)43(41(22(2)73-48)75-25(5)58)78-50-46(66)53(67,19-55)20-71-50/h8,21-22,27-50,55,59-67H,9-20H2,1-7H3/t21-,22-,27+,28+,29-,30-,31-,32+,33-,34-,35+,36-,37-,38+,39+,40-,41-,42-,43-,44+,45-,46-,47-,48-,49-,50-,51-,52-,53+,54-/m0/s1. The fraction of sp³-hybridized carbons (Fsp3) is 0.907. The van der Waals surface area contributed by atoms with Gasteiger partial charge in [-0.3, -0.25) is 14.4 Å². The van der Waals surface area contributed by atoms with Crippen molar-refractivity contribution in [1.29, 1.82) is 0 Å². The van der Waals surface area contributed by atoms with E-state index in [0.717, 1.165) is 12.5 Å². The minimum atomic E-state index is -2.14. The number of hydrogen-bond acceptors (Lipinski definition) is 26. The average molecular weight is 1150 g/mol. The van der Waals surface area contributed by atoms with Crippen LogP contribution >= 0.6 is 0 Å². The molecule has 0 amide bonds. The first kappa shape index (κ1) is 60.5. The van der Waals surface area contributed by atoms with Crippen molar-refractivity contribution >= 4 is 17.9 Å². The molecule has 454 valence electrons. The van der Waals surface area contributed by atoms with Crippen LogP contribution in [0.15, 0.2) is 11.6 Å². The van der Waals surface area contributed by atoms with E-state index < -0.39 is 195 Å². The summed E-state index contributed by atoms with van der Waals surface area (Å²) in [5.41, 5.74) is -2.40. The quantitative estimate of drug-likeness (QED) is 0.0520. The van der Waals surface area contributed by atoms with Crippen molar-refractivity contribution in [2.24, 2.45) is 46.3 Å². The molecule has 0 aromatic heterocycles. The third-order valence-electron chi connectivity index (χ3n) is 19.8. The minimum absolute atomic E-state index is 0.0171. The molecule has 26 heteroatoms. The Bertz CT molecular complexity index is 2280. The molecular formula is C54H82O26. The number of allylic oxidation sites excluding steroid dienone is 1. The Morgan fingerprint density at radius 2 is 1.38 bits per heavy atom. The number of carbonyl (C=O) groups excluding carboxylic acids is 3. The average Bonchev–Trinajstić information content (AvgIpc) is 4.17. The summed E-state index contributed by atoms with van der Waals surface area (Å²) >= 11 is 0. The van der Waals surface area contributed by atoms with Gasteiger partial charge in [0.05, 0.1) is 70.0 Å². The monoisotopic (exact) mass is 1150 g/mol. The lowest BCUT2D eigenvalue weighted by Gasteiger charge is -2.61. The molecule has 6 aliphatic heterocycles. The van der Waals surface area contributed by atoms with Crippen LogP contribution in [0, 0.1) is 46.3 Å². The Kier molecular flexibility index (Phi) is 17.4. The SMILES string of the molecule is CC(=O)OC[C@H]1[C@H]2[C@H](C[C@H]3[C@@H]4CC=C5C[C@@H](O)C[C@@H](O[C@@H]6OC[C@H](O)[C@H](O[C@@H]7OC[C@@H](O)[C@H](O)[C@H]7O)[C@H]6O[C@@H]6O[C@@H](C)[C@H](OC(C)=O)[C@@H](O[C@@H]7OC[C@](O)(CO)[C@H]7O)[C@H]6O)[C@]5(C)[C@H]4CC[C@]23C)O[C@@]12OC[C@H](C)[C@H](OC(C)=O)[C@@H]2O. The first-order chi connectivity index (χ1) is 37.8. The maximum absolute atomic E-state index is 12.5. The summed E-state index contributed by atoms with van der Waals surface area (Å²) in [5.74, 6) is -4.76. The van der Waals surface area contributed by atoms with Crippen LogP contribution in [0.3, 0.4) is 0 Å². The largest absolute Gasteiger partial charge is 0.465 e. The van der Waals surface area contributed by atoms with Crippen molar-refractivity contribution in [2.45, 2.75) is 221 Å². The number of esters is 3. The molecule has 6 heterocycles. The molecule has 0 aromatic rings. The molecule has 30 atom stereocenters. The molecule has 3 saturated carbocycles. The Morgan fingerprint density at radius 3 is 2.06 bits per heavy atom. The van der Waals surface area contributed by atoms with Crippen LogP contribution < -0.4 is 0 Å². The van der Waals surface area contributed by atoms with Crippen LogP contribution in [0.5, 0.6) is 0 Å². The van der Waals surface area contributed by atoms with Gasteiger partial charge >= 0.3 is 17.9 Å². The van der Waals surface area contributed by atoms with Crippen molar-refractivity contribution in [2.75, 3.05) is 39.6 Å². The molecule has 10 rings (SSSR count). The van der Waals surface area contributed by atoms with E-state index in [1.54, 1.807) is 0 Å². The highest BCUT2D eigenvalue weighted by Gasteiger charge is 2.74. The molecule has 9 fully saturated rings. The highest BCUT2D eigenvalue weighted by atomic mass is 16.8. The summed E-state index contributed by atoms with van der Waals surface area (Å²) in [6.45, 7) is 8.99. The number of fused-ring (bicyclic) bond motifs is 7. The Hall–Kier alpha value is -2.65. The van der Waals surface area contributed by atoms with Gasteiger partial charge in [0.2, 0.25) is 5.79 Å².